The van der Waals surface area contributed by atoms with Gasteiger partial charge in [0, 0.05) is 28.7 Å². The molecule has 0 aliphatic carbocycles. The molecular formula is C30H27N3O6S2. The molecular weight excluding hydrogens is 562 g/mol. The predicted octanol–water partition coefficient (Wildman–Crippen LogP) is 5.39. The number of allylic oxidation sites excluding steroid dienone is 1. The van der Waals surface area contributed by atoms with E-state index in [1.165, 1.54) is 28.0 Å². The van der Waals surface area contributed by atoms with Crippen molar-refractivity contribution in [2.75, 3.05) is 6.26 Å². The van der Waals surface area contributed by atoms with E-state index in [0.29, 0.717) is 37.7 Å². The molecule has 0 saturated carbocycles. The van der Waals surface area contributed by atoms with Crippen LogP contribution in [0.5, 0.6) is 0 Å². The normalized spacial score (nSPS) is 15.2. The average molecular weight is 590 g/mol. The van der Waals surface area contributed by atoms with Crippen LogP contribution >= 0.6 is 23.1 Å². The number of hydrogen-bond acceptors (Lipinski definition) is 9. The third-order valence-corrected chi connectivity index (χ3v) is 8.34. The largest absolute Gasteiger partial charge is 0.459 e. The first kappa shape index (κ1) is 28.3. The Kier molecular flexibility index (Phi) is 7.83. The van der Waals surface area contributed by atoms with Crippen LogP contribution in [0, 0.1) is 17.0 Å². The number of nitrogens with zero attached hydrogens (tertiary/aromatic N) is 3. The Balaban J connectivity index is 1.62. The minimum Gasteiger partial charge on any atom is -0.459 e. The SMILES string of the molecule is CSc1ccc([C@H]2C(C(=O)OC(C)C)=C(C)N=c3s/c(=C\c4ccc(-c5cc([N+](=O)[O-])ccc5C)o4)c(=O)n32)cc1. The number of aromatic nitrogens is 1. The Bertz CT molecular complexity index is 1880. The number of rotatable bonds is 7. The first-order valence-corrected chi connectivity index (χ1v) is 14.8. The van der Waals surface area contributed by atoms with E-state index in [9.17, 15) is 19.7 Å². The maximum atomic E-state index is 13.9. The van der Waals surface area contributed by atoms with Crippen LogP contribution in [0.2, 0.25) is 0 Å². The van der Waals surface area contributed by atoms with Crippen molar-refractivity contribution in [3.05, 3.63) is 113 Å². The number of fused-ring (bicyclic) bond motifs is 1. The molecule has 0 spiro atoms. The zero-order chi connectivity index (χ0) is 29.4. The number of thiazole rings is 1. The van der Waals surface area contributed by atoms with Crippen molar-refractivity contribution in [3.63, 3.8) is 0 Å². The second kappa shape index (κ2) is 11.3. The summed E-state index contributed by atoms with van der Waals surface area (Å²) in [6, 6.07) is 15.0. The van der Waals surface area contributed by atoms with Crippen LogP contribution in [0.4, 0.5) is 5.69 Å². The number of benzene rings is 2. The summed E-state index contributed by atoms with van der Waals surface area (Å²) < 4.78 is 13.5. The molecule has 0 unspecified atom stereocenters. The van der Waals surface area contributed by atoms with Crippen LogP contribution in [-0.2, 0) is 9.53 Å². The molecule has 1 aliphatic heterocycles. The standard InChI is InChI=1S/C30H27N3O6S2/c1-16(2)38-29(35)26-18(4)31-30-32(27(26)19-7-11-22(40-5)12-8-19)28(34)25(41-30)15-21-10-13-24(39-21)23-14-20(33(36)37)9-6-17(23)3/h6-16,27H,1-5H3/b25-15-/t27-/m0/s1. The lowest BCUT2D eigenvalue weighted by Crippen LogP contribution is -2.40. The van der Waals surface area contributed by atoms with E-state index in [0.717, 1.165) is 16.0 Å². The second-order valence-corrected chi connectivity index (χ2v) is 11.7. The first-order chi connectivity index (χ1) is 19.6. The van der Waals surface area contributed by atoms with Gasteiger partial charge in [-0.05, 0) is 69.3 Å². The van der Waals surface area contributed by atoms with Gasteiger partial charge in [0.1, 0.15) is 11.5 Å². The molecule has 2 aromatic heterocycles. The number of aryl methyl sites for hydroxylation is 1. The molecule has 5 rings (SSSR count). The Labute approximate surface area is 243 Å². The Morgan fingerprint density at radius 2 is 1.90 bits per heavy atom. The summed E-state index contributed by atoms with van der Waals surface area (Å²) in [6.45, 7) is 7.14. The zero-order valence-corrected chi connectivity index (χ0v) is 24.7. The van der Waals surface area contributed by atoms with Gasteiger partial charge < -0.3 is 9.15 Å². The van der Waals surface area contributed by atoms with E-state index < -0.39 is 16.9 Å². The average Bonchev–Trinajstić information content (AvgIpc) is 3.51. The maximum absolute atomic E-state index is 13.9. The lowest BCUT2D eigenvalue weighted by molar-refractivity contribution is -0.384. The molecule has 1 atom stereocenters. The smallest absolute Gasteiger partial charge is 0.338 e. The van der Waals surface area contributed by atoms with Crippen molar-refractivity contribution < 1.29 is 18.9 Å². The van der Waals surface area contributed by atoms with Crippen LogP contribution in [0.1, 0.15) is 43.7 Å². The molecule has 0 amide bonds. The van der Waals surface area contributed by atoms with Crippen LogP contribution in [0.3, 0.4) is 0 Å². The van der Waals surface area contributed by atoms with Crippen molar-refractivity contribution >= 4 is 40.8 Å². The fourth-order valence-electron chi connectivity index (χ4n) is 4.66. The highest BCUT2D eigenvalue weighted by Crippen LogP contribution is 2.32. The van der Waals surface area contributed by atoms with Gasteiger partial charge in [-0.25, -0.2) is 9.79 Å². The molecule has 0 fully saturated rings. The van der Waals surface area contributed by atoms with Crippen molar-refractivity contribution in [3.8, 4) is 11.3 Å². The van der Waals surface area contributed by atoms with E-state index in [1.54, 1.807) is 56.8 Å². The van der Waals surface area contributed by atoms with E-state index in [4.69, 9.17) is 9.15 Å². The topological polar surface area (TPSA) is 117 Å². The number of nitro groups is 1. The Hall–Kier alpha value is -4.22. The summed E-state index contributed by atoms with van der Waals surface area (Å²) in [5, 5.41) is 11.3. The zero-order valence-electron chi connectivity index (χ0n) is 23.0. The number of non-ortho nitro benzene ring substituents is 1. The van der Waals surface area contributed by atoms with Crippen LogP contribution in [0.25, 0.3) is 17.4 Å². The Morgan fingerprint density at radius 3 is 2.56 bits per heavy atom. The summed E-state index contributed by atoms with van der Waals surface area (Å²) in [7, 11) is 0. The monoisotopic (exact) mass is 589 g/mol. The second-order valence-electron chi connectivity index (χ2n) is 9.77. The van der Waals surface area contributed by atoms with E-state index in [-0.39, 0.29) is 17.4 Å². The number of carbonyl (C=O) groups excluding carboxylic acids is 1. The van der Waals surface area contributed by atoms with Gasteiger partial charge in [-0.15, -0.1) is 11.8 Å². The fourth-order valence-corrected chi connectivity index (χ4v) is 6.09. The molecule has 1 aliphatic rings. The molecule has 41 heavy (non-hydrogen) atoms. The van der Waals surface area contributed by atoms with E-state index >= 15 is 0 Å². The van der Waals surface area contributed by atoms with Crippen molar-refractivity contribution in [1.82, 2.24) is 4.57 Å². The number of ether oxygens (including phenoxy) is 1. The highest BCUT2D eigenvalue weighted by molar-refractivity contribution is 7.98. The van der Waals surface area contributed by atoms with Crippen molar-refractivity contribution in [2.24, 2.45) is 4.99 Å². The number of furan rings is 1. The van der Waals surface area contributed by atoms with E-state index in [1.807, 2.05) is 37.4 Å². The van der Waals surface area contributed by atoms with Gasteiger partial charge in [-0.1, -0.05) is 29.5 Å². The molecule has 0 N–H and O–H groups in total. The highest BCUT2D eigenvalue weighted by Gasteiger charge is 2.33. The molecule has 0 bridgehead atoms. The summed E-state index contributed by atoms with van der Waals surface area (Å²) in [6.07, 6.45) is 3.27. The number of nitro benzene ring substituents is 1. The summed E-state index contributed by atoms with van der Waals surface area (Å²) in [5.41, 5.74) is 2.63. The third-order valence-electron chi connectivity index (χ3n) is 6.61. The summed E-state index contributed by atoms with van der Waals surface area (Å²) >= 11 is 2.80. The van der Waals surface area contributed by atoms with Gasteiger partial charge in [0.15, 0.2) is 4.80 Å². The van der Waals surface area contributed by atoms with Crippen LogP contribution in [-0.4, -0.2) is 27.8 Å². The molecule has 0 radical (unpaired) electrons. The summed E-state index contributed by atoms with van der Waals surface area (Å²) in [4.78, 5) is 44.1. The van der Waals surface area contributed by atoms with Gasteiger partial charge >= 0.3 is 5.97 Å². The minimum absolute atomic E-state index is 0.0374. The van der Waals surface area contributed by atoms with E-state index in [2.05, 4.69) is 4.99 Å². The molecule has 9 nitrogen and oxygen atoms in total. The highest BCUT2D eigenvalue weighted by atomic mass is 32.2. The van der Waals surface area contributed by atoms with Gasteiger partial charge in [-0.2, -0.15) is 0 Å². The summed E-state index contributed by atoms with van der Waals surface area (Å²) in [5.74, 6) is 0.344. The molecule has 2 aromatic carbocycles. The molecule has 3 heterocycles. The van der Waals surface area contributed by atoms with Gasteiger partial charge in [0.05, 0.1) is 32.9 Å². The number of thioether (sulfide) groups is 1. The third kappa shape index (κ3) is 5.55. The number of hydrogen-bond donors (Lipinski definition) is 0. The molecule has 210 valence electrons. The van der Waals surface area contributed by atoms with Gasteiger partial charge in [-0.3, -0.25) is 19.5 Å². The van der Waals surface area contributed by atoms with Crippen molar-refractivity contribution in [2.45, 2.75) is 44.7 Å². The van der Waals surface area contributed by atoms with Gasteiger partial charge in [0.2, 0.25) is 0 Å². The van der Waals surface area contributed by atoms with Gasteiger partial charge in [0.25, 0.3) is 11.2 Å². The quantitative estimate of drug-likeness (QED) is 0.123. The first-order valence-electron chi connectivity index (χ1n) is 12.8. The van der Waals surface area contributed by atoms with Crippen LogP contribution in [0.15, 0.2) is 85.0 Å². The molecule has 4 aromatic rings. The van der Waals surface area contributed by atoms with Crippen LogP contribution < -0.4 is 14.9 Å². The minimum atomic E-state index is -0.713. The molecule has 0 saturated heterocycles. The molecule has 11 heteroatoms. The lowest BCUT2D eigenvalue weighted by atomic mass is 9.96. The predicted molar refractivity (Wildman–Crippen MR) is 159 cm³/mol. The fraction of sp³-hybridized carbons (Fsp3) is 0.233. The lowest BCUT2D eigenvalue weighted by Gasteiger charge is -2.25. The number of esters is 1. The number of carbonyl (C=O) groups is 1. The Morgan fingerprint density at radius 1 is 1.17 bits per heavy atom. The van der Waals surface area contributed by atoms with Crippen molar-refractivity contribution in [1.29, 1.82) is 0 Å². The maximum Gasteiger partial charge on any atom is 0.338 e.